The largest absolute Gasteiger partial charge is 0.494 e. The highest BCUT2D eigenvalue weighted by molar-refractivity contribution is 5.78. The molecule has 1 aromatic heterocycles. The number of carbonyl (C=O) groups excluding carboxylic acids is 1. The van der Waals surface area contributed by atoms with Crippen molar-refractivity contribution in [3.63, 3.8) is 0 Å². The third-order valence-corrected chi connectivity index (χ3v) is 4.37. The van der Waals surface area contributed by atoms with Crippen LogP contribution in [0.2, 0.25) is 0 Å². The van der Waals surface area contributed by atoms with Crippen molar-refractivity contribution in [1.29, 1.82) is 0 Å². The zero-order valence-electron chi connectivity index (χ0n) is 14.4. The van der Waals surface area contributed by atoms with Gasteiger partial charge in [-0.1, -0.05) is 6.07 Å². The van der Waals surface area contributed by atoms with Crippen molar-refractivity contribution in [2.75, 3.05) is 27.2 Å². The van der Waals surface area contributed by atoms with E-state index in [9.17, 15) is 9.18 Å². The molecule has 0 atom stereocenters. The molecule has 132 valence electrons. The van der Waals surface area contributed by atoms with E-state index in [1.807, 2.05) is 6.20 Å². The van der Waals surface area contributed by atoms with Crippen molar-refractivity contribution in [3.8, 4) is 5.75 Å². The highest BCUT2D eigenvalue weighted by Gasteiger charge is 2.21. The number of nitrogens with zero attached hydrogens (tertiary/aromatic N) is 4. The maximum absolute atomic E-state index is 13.8. The molecule has 1 amide bonds. The van der Waals surface area contributed by atoms with Crippen molar-refractivity contribution in [1.82, 2.24) is 19.8 Å². The fourth-order valence-electron chi connectivity index (χ4n) is 2.92. The maximum Gasteiger partial charge on any atom is 0.236 e. The van der Waals surface area contributed by atoms with Gasteiger partial charge in [0.15, 0.2) is 11.6 Å². The minimum absolute atomic E-state index is 0.00580. The summed E-state index contributed by atoms with van der Waals surface area (Å²) in [5, 5.41) is 0. The van der Waals surface area contributed by atoms with Crippen molar-refractivity contribution < 1.29 is 13.9 Å². The number of amides is 1. The first-order chi connectivity index (χ1) is 12.1. The van der Waals surface area contributed by atoms with Gasteiger partial charge in [-0.3, -0.25) is 9.69 Å². The molecule has 1 aliphatic rings. The minimum atomic E-state index is -0.423. The number of aromatic nitrogens is 2. The normalized spacial score (nSPS) is 14.0. The third-order valence-electron chi connectivity index (χ3n) is 4.37. The zero-order valence-corrected chi connectivity index (χ0v) is 14.4. The SMILES string of the molecule is COc1ccc(CN(C)C(=O)CN2CCc3cncnc3C2)cc1F. The first kappa shape index (κ1) is 17.3. The molecule has 2 aromatic rings. The average Bonchev–Trinajstić information content (AvgIpc) is 2.61. The van der Waals surface area contributed by atoms with Crippen LogP contribution in [0.15, 0.2) is 30.7 Å². The van der Waals surface area contributed by atoms with Crippen LogP contribution in [0.5, 0.6) is 5.75 Å². The number of likely N-dealkylation sites (N-methyl/N-ethyl adjacent to an activating group) is 1. The number of fused-ring (bicyclic) bond motifs is 1. The number of halogens is 1. The Hall–Kier alpha value is -2.54. The minimum Gasteiger partial charge on any atom is -0.494 e. The Labute approximate surface area is 146 Å². The number of carbonyl (C=O) groups is 1. The van der Waals surface area contributed by atoms with Crippen LogP contribution in [0.1, 0.15) is 16.8 Å². The molecule has 6 nitrogen and oxygen atoms in total. The maximum atomic E-state index is 13.8. The van der Waals surface area contributed by atoms with Gasteiger partial charge in [-0.25, -0.2) is 14.4 Å². The van der Waals surface area contributed by atoms with E-state index in [4.69, 9.17) is 4.74 Å². The molecule has 2 heterocycles. The van der Waals surface area contributed by atoms with Crippen LogP contribution in [-0.2, 0) is 24.3 Å². The molecule has 7 heteroatoms. The summed E-state index contributed by atoms with van der Waals surface area (Å²) in [6, 6.07) is 4.74. The third kappa shape index (κ3) is 4.11. The quantitative estimate of drug-likeness (QED) is 0.825. The number of hydrogen-bond acceptors (Lipinski definition) is 5. The zero-order chi connectivity index (χ0) is 17.8. The van der Waals surface area contributed by atoms with E-state index < -0.39 is 5.82 Å². The molecule has 0 fully saturated rings. The van der Waals surface area contributed by atoms with Gasteiger partial charge in [0.1, 0.15) is 6.33 Å². The van der Waals surface area contributed by atoms with Crippen LogP contribution in [0.3, 0.4) is 0 Å². The summed E-state index contributed by atoms with van der Waals surface area (Å²) in [7, 11) is 3.15. The number of ether oxygens (including phenoxy) is 1. The first-order valence-electron chi connectivity index (χ1n) is 8.13. The Morgan fingerprint density at radius 1 is 1.44 bits per heavy atom. The van der Waals surface area contributed by atoms with Crippen molar-refractivity contribution in [2.24, 2.45) is 0 Å². The van der Waals surface area contributed by atoms with Crippen LogP contribution in [0.4, 0.5) is 4.39 Å². The molecule has 0 bridgehead atoms. The van der Waals surface area contributed by atoms with Gasteiger partial charge in [0.25, 0.3) is 0 Å². The number of hydrogen-bond donors (Lipinski definition) is 0. The van der Waals surface area contributed by atoms with Crippen LogP contribution in [-0.4, -0.2) is 52.9 Å². The standard InChI is InChI=1S/C18H21FN4O2/c1-22(9-13-3-4-17(25-2)15(19)7-13)18(24)11-23-6-5-14-8-20-12-21-16(14)10-23/h3-4,7-8,12H,5-6,9-11H2,1-2H3. The second-order valence-electron chi connectivity index (χ2n) is 6.17. The molecule has 0 radical (unpaired) electrons. The Kier molecular flexibility index (Phi) is 5.23. The summed E-state index contributed by atoms with van der Waals surface area (Å²) in [5.41, 5.74) is 2.85. The molecule has 0 unspecified atom stereocenters. The van der Waals surface area contributed by atoms with Gasteiger partial charge in [0.05, 0.1) is 19.3 Å². The Morgan fingerprint density at radius 3 is 3.04 bits per heavy atom. The molecular weight excluding hydrogens is 323 g/mol. The van der Waals surface area contributed by atoms with Gasteiger partial charge in [-0.2, -0.15) is 0 Å². The van der Waals surface area contributed by atoms with E-state index in [0.717, 1.165) is 29.8 Å². The predicted molar refractivity (Wildman–Crippen MR) is 90.4 cm³/mol. The van der Waals surface area contributed by atoms with Gasteiger partial charge in [0, 0.05) is 32.9 Å². The van der Waals surface area contributed by atoms with Gasteiger partial charge in [-0.05, 0) is 29.7 Å². The second kappa shape index (κ2) is 7.57. The summed E-state index contributed by atoms with van der Waals surface area (Å²) in [4.78, 5) is 24.5. The van der Waals surface area contributed by atoms with Crippen molar-refractivity contribution in [2.45, 2.75) is 19.5 Å². The summed E-state index contributed by atoms with van der Waals surface area (Å²) >= 11 is 0. The molecule has 0 aliphatic carbocycles. The summed E-state index contributed by atoms with van der Waals surface area (Å²) in [5.74, 6) is -0.228. The van der Waals surface area contributed by atoms with Gasteiger partial charge < -0.3 is 9.64 Å². The number of benzene rings is 1. The molecule has 0 saturated carbocycles. The Balaban J connectivity index is 1.57. The summed E-state index contributed by atoms with van der Waals surface area (Å²) in [6.45, 7) is 2.12. The molecule has 25 heavy (non-hydrogen) atoms. The molecule has 3 rings (SSSR count). The van der Waals surface area contributed by atoms with E-state index >= 15 is 0 Å². The monoisotopic (exact) mass is 344 g/mol. The fourth-order valence-corrected chi connectivity index (χ4v) is 2.92. The molecular formula is C18H21FN4O2. The van der Waals surface area contributed by atoms with Crippen LogP contribution >= 0.6 is 0 Å². The van der Waals surface area contributed by atoms with Crippen molar-refractivity contribution >= 4 is 5.91 Å². The summed E-state index contributed by atoms with van der Waals surface area (Å²) < 4.78 is 18.7. The summed E-state index contributed by atoms with van der Waals surface area (Å²) in [6.07, 6.45) is 4.22. The predicted octanol–water partition coefficient (Wildman–Crippen LogP) is 1.64. The Morgan fingerprint density at radius 2 is 2.28 bits per heavy atom. The van der Waals surface area contributed by atoms with Crippen LogP contribution < -0.4 is 4.74 Å². The van der Waals surface area contributed by atoms with Crippen LogP contribution in [0, 0.1) is 5.82 Å². The lowest BCUT2D eigenvalue weighted by atomic mass is 10.1. The Bertz CT molecular complexity index is 768. The van der Waals surface area contributed by atoms with Gasteiger partial charge >= 0.3 is 0 Å². The molecule has 0 saturated heterocycles. The fraction of sp³-hybridized carbons (Fsp3) is 0.389. The van der Waals surface area contributed by atoms with Crippen LogP contribution in [0.25, 0.3) is 0 Å². The molecule has 0 spiro atoms. The molecule has 1 aromatic carbocycles. The van der Waals surface area contributed by atoms with Gasteiger partial charge in [0.2, 0.25) is 5.91 Å². The van der Waals surface area contributed by atoms with E-state index in [1.165, 1.54) is 19.5 Å². The number of rotatable bonds is 5. The molecule has 0 N–H and O–H groups in total. The van der Waals surface area contributed by atoms with E-state index in [0.29, 0.717) is 19.6 Å². The van der Waals surface area contributed by atoms with E-state index in [-0.39, 0.29) is 11.7 Å². The number of methoxy groups -OCH3 is 1. The lowest BCUT2D eigenvalue weighted by Crippen LogP contribution is -2.40. The highest BCUT2D eigenvalue weighted by Crippen LogP contribution is 2.19. The van der Waals surface area contributed by atoms with E-state index in [1.54, 1.807) is 24.1 Å². The average molecular weight is 344 g/mol. The lowest BCUT2D eigenvalue weighted by molar-refractivity contribution is -0.131. The van der Waals surface area contributed by atoms with Crippen molar-refractivity contribution in [3.05, 3.63) is 53.4 Å². The second-order valence-corrected chi connectivity index (χ2v) is 6.17. The smallest absolute Gasteiger partial charge is 0.236 e. The topological polar surface area (TPSA) is 58.6 Å². The highest BCUT2D eigenvalue weighted by atomic mass is 19.1. The van der Waals surface area contributed by atoms with E-state index in [2.05, 4.69) is 14.9 Å². The first-order valence-corrected chi connectivity index (χ1v) is 8.13. The molecule has 1 aliphatic heterocycles. The lowest BCUT2D eigenvalue weighted by Gasteiger charge is -2.28. The van der Waals surface area contributed by atoms with Gasteiger partial charge in [-0.15, -0.1) is 0 Å².